The highest BCUT2D eigenvalue weighted by atomic mass is 19.1. The third-order valence-corrected chi connectivity index (χ3v) is 5.25. The molecule has 4 rings (SSSR count). The van der Waals surface area contributed by atoms with Gasteiger partial charge in [-0.05, 0) is 42.8 Å². The number of hydrogen-bond acceptors (Lipinski definition) is 4. The Hall–Kier alpha value is -3.40. The minimum atomic E-state index is -0.308. The zero-order valence-corrected chi connectivity index (χ0v) is 15.6. The predicted octanol–water partition coefficient (Wildman–Crippen LogP) is 2.77. The van der Waals surface area contributed by atoms with Crippen LogP contribution in [0.15, 0.2) is 36.5 Å². The van der Waals surface area contributed by atoms with E-state index in [9.17, 15) is 14.4 Å². The van der Waals surface area contributed by atoms with Gasteiger partial charge in [-0.3, -0.25) is 4.79 Å². The summed E-state index contributed by atoms with van der Waals surface area (Å²) >= 11 is 0. The largest absolute Gasteiger partial charge is 0.358 e. The molecule has 1 aromatic carbocycles. The first-order chi connectivity index (χ1) is 13.6. The van der Waals surface area contributed by atoms with E-state index in [1.54, 1.807) is 24.4 Å². The molecule has 7 heteroatoms. The van der Waals surface area contributed by atoms with Crippen molar-refractivity contribution in [1.29, 1.82) is 5.26 Å². The summed E-state index contributed by atoms with van der Waals surface area (Å²) in [5, 5.41) is 10.0. The number of pyridine rings is 1. The molecule has 1 fully saturated rings. The van der Waals surface area contributed by atoms with Crippen LogP contribution in [0.2, 0.25) is 0 Å². The summed E-state index contributed by atoms with van der Waals surface area (Å²) in [7, 11) is 0. The van der Waals surface area contributed by atoms with Crippen molar-refractivity contribution in [3.63, 3.8) is 0 Å². The van der Waals surface area contributed by atoms with Crippen LogP contribution in [0, 0.1) is 24.1 Å². The number of aryl methyl sites for hydroxylation is 1. The van der Waals surface area contributed by atoms with Crippen LogP contribution >= 0.6 is 0 Å². The van der Waals surface area contributed by atoms with Gasteiger partial charge in [-0.2, -0.15) is 5.26 Å². The normalized spacial score (nSPS) is 14.3. The number of aromatic amines is 1. The van der Waals surface area contributed by atoms with E-state index in [2.05, 4.69) is 16.0 Å². The van der Waals surface area contributed by atoms with Gasteiger partial charge in [-0.1, -0.05) is 0 Å². The van der Waals surface area contributed by atoms with E-state index in [4.69, 9.17) is 0 Å². The Morgan fingerprint density at radius 2 is 2.07 bits per heavy atom. The fraction of sp³-hybridized carbons (Fsp3) is 0.286. The molecule has 3 aromatic rings. The van der Waals surface area contributed by atoms with Crippen LogP contribution in [0.25, 0.3) is 10.9 Å². The van der Waals surface area contributed by atoms with Crippen molar-refractivity contribution in [3.8, 4) is 6.07 Å². The molecular weight excluding hydrogens is 357 g/mol. The molecule has 1 aliphatic rings. The predicted molar refractivity (Wildman–Crippen MR) is 104 cm³/mol. The highest BCUT2D eigenvalue weighted by Gasteiger charge is 2.24. The zero-order valence-electron chi connectivity index (χ0n) is 15.6. The van der Waals surface area contributed by atoms with Crippen molar-refractivity contribution in [2.24, 2.45) is 0 Å². The number of fused-ring (bicyclic) bond motifs is 1. The number of rotatable bonds is 3. The summed E-state index contributed by atoms with van der Waals surface area (Å²) in [4.78, 5) is 24.2. The van der Waals surface area contributed by atoms with Gasteiger partial charge in [0.15, 0.2) is 0 Å². The monoisotopic (exact) mass is 377 g/mol. The summed E-state index contributed by atoms with van der Waals surface area (Å²) in [5.74, 6) is 0.381. The van der Waals surface area contributed by atoms with Crippen molar-refractivity contribution in [3.05, 3.63) is 59.2 Å². The van der Waals surface area contributed by atoms with E-state index in [1.165, 1.54) is 12.1 Å². The number of H-pyrrole nitrogens is 1. The molecule has 6 nitrogen and oxygen atoms in total. The maximum atomic E-state index is 13.6. The van der Waals surface area contributed by atoms with Crippen LogP contribution in [0.5, 0.6) is 0 Å². The van der Waals surface area contributed by atoms with Crippen LogP contribution in [-0.4, -0.2) is 47.0 Å². The van der Waals surface area contributed by atoms with Gasteiger partial charge in [0.1, 0.15) is 17.7 Å². The van der Waals surface area contributed by atoms with Crippen molar-refractivity contribution >= 4 is 22.6 Å². The highest BCUT2D eigenvalue weighted by Crippen LogP contribution is 2.25. The number of aromatic nitrogens is 2. The smallest absolute Gasteiger partial charge is 0.227 e. The van der Waals surface area contributed by atoms with Crippen LogP contribution < -0.4 is 4.90 Å². The van der Waals surface area contributed by atoms with Crippen LogP contribution in [-0.2, 0) is 11.2 Å². The van der Waals surface area contributed by atoms with E-state index in [-0.39, 0.29) is 18.1 Å². The zero-order chi connectivity index (χ0) is 19.7. The number of hydrogen-bond donors (Lipinski definition) is 1. The number of amides is 1. The van der Waals surface area contributed by atoms with Crippen molar-refractivity contribution < 1.29 is 9.18 Å². The van der Waals surface area contributed by atoms with Gasteiger partial charge in [-0.25, -0.2) is 9.37 Å². The Morgan fingerprint density at radius 3 is 2.82 bits per heavy atom. The molecule has 1 aliphatic heterocycles. The molecule has 1 N–H and O–H groups in total. The molecule has 0 bridgehead atoms. The number of nitrogens with one attached hydrogen (secondary N) is 1. The molecule has 0 saturated carbocycles. The van der Waals surface area contributed by atoms with Gasteiger partial charge in [0.25, 0.3) is 0 Å². The number of nitriles is 1. The fourth-order valence-electron chi connectivity index (χ4n) is 3.75. The third kappa shape index (κ3) is 3.29. The maximum Gasteiger partial charge on any atom is 0.227 e. The van der Waals surface area contributed by atoms with Crippen molar-refractivity contribution in [1.82, 2.24) is 14.9 Å². The summed E-state index contributed by atoms with van der Waals surface area (Å²) in [6, 6.07) is 10.2. The van der Waals surface area contributed by atoms with E-state index in [0.29, 0.717) is 37.6 Å². The topological polar surface area (TPSA) is 76.0 Å². The second-order valence-corrected chi connectivity index (χ2v) is 6.95. The number of piperazine rings is 1. The van der Waals surface area contributed by atoms with Gasteiger partial charge < -0.3 is 14.8 Å². The first-order valence-corrected chi connectivity index (χ1v) is 9.21. The van der Waals surface area contributed by atoms with Crippen LogP contribution in [0.1, 0.15) is 16.8 Å². The first-order valence-electron chi connectivity index (χ1n) is 9.21. The molecule has 3 heterocycles. The summed E-state index contributed by atoms with van der Waals surface area (Å²) < 4.78 is 13.6. The summed E-state index contributed by atoms with van der Waals surface area (Å²) in [5.41, 5.74) is 3.11. The van der Waals surface area contributed by atoms with Gasteiger partial charge >= 0.3 is 0 Å². The lowest BCUT2D eigenvalue weighted by molar-refractivity contribution is -0.130. The van der Waals surface area contributed by atoms with E-state index < -0.39 is 0 Å². The number of anilines is 1. The molecule has 28 heavy (non-hydrogen) atoms. The number of carbonyl (C=O) groups is 1. The number of benzene rings is 1. The van der Waals surface area contributed by atoms with E-state index in [0.717, 1.165) is 22.2 Å². The van der Waals surface area contributed by atoms with E-state index >= 15 is 0 Å². The Labute approximate surface area is 162 Å². The van der Waals surface area contributed by atoms with Gasteiger partial charge in [0.2, 0.25) is 5.91 Å². The molecular formula is C21H20FN5O. The van der Waals surface area contributed by atoms with Gasteiger partial charge in [0, 0.05) is 49.0 Å². The van der Waals surface area contributed by atoms with Crippen molar-refractivity contribution in [2.45, 2.75) is 13.3 Å². The van der Waals surface area contributed by atoms with Crippen LogP contribution in [0.4, 0.5) is 10.2 Å². The molecule has 0 unspecified atom stereocenters. The maximum absolute atomic E-state index is 13.6. The SMILES string of the molecule is Cc1[nH]c2ccc(F)cc2c1CC(=O)N1CCN(c2ncccc2C#N)CC1. The second-order valence-electron chi connectivity index (χ2n) is 6.95. The quantitative estimate of drug-likeness (QED) is 0.762. The molecule has 0 spiro atoms. The third-order valence-electron chi connectivity index (χ3n) is 5.25. The van der Waals surface area contributed by atoms with Gasteiger partial charge in [-0.15, -0.1) is 0 Å². The lowest BCUT2D eigenvalue weighted by Crippen LogP contribution is -2.49. The fourth-order valence-corrected chi connectivity index (χ4v) is 3.75. The lowest BCUT2D eigenvalue weighted by Gasteiger charge is -2.35. The van der Waals surface area contributed by atoms with E-state index in [1.807, 2.05) is 16.7 Å². The highest BCUT2D eigenvalue weighted by molar-refractivity contribution is 5.90. The van der Waals surface area contributed by atoms with Crippen LogP contribution in [0.3, 0.4) is 0 Å². The minimum absolute atomic E-state index is 0.0226. The Morgan fingerprint density at radius 1 is 1.29 bits per heavy atom. The molecule has 0 atom stereocenters. The molecule has 142 valence electrons. The number of nitrogens with zero attached hydrogens (tertiary/aromatic N) is 4. The molecule has 2 aromatic heterocycles. The summed E-state index contributed by atoms with van der Waals surface area (Å²) in [6.45, 7) is 4.28. The van der Waals surface area contributed by atoms with Crippen molar-refractivity contribution in [2.75, 3.05) is 31.1 Å². The average molecular weight is 377 g/mol. The minimum Gasteiger partial charge on any atom is -0.358 e. The first kappa shape index (κ1) is 18.0. The second kappa shape index (κ2) is 7.31. The molecule has 0 radical (unpaired) electrons. The lowest BCUT2D eigenvalue weighted by atomic mass is 10.1. The summed E-state index contributed by atoms with van der Waals surface area (Å²) in [6.07, 6.45) is 1.91. The Balaban J connectivity index is 1.46. The standard InChI is InChI=1S/C21H20FN5O/c1-14-17(18-11-16(22)4-5-19(18)25-14)12-20(28)26-7-9-27(10-8-26)21-15(13-23)3-2-6-24-21/h2-6,11,25H,7-10,12H2,1H3. The Bertz CT molecular complexity index is 1080. The molecule has 1 amide bonds. The molecule has 0 aliphatic carbocycles. The number of halogens is 1. The Kier molecular flexibility index (Phi) is 4.70. The average Bonchev–Trinajstić information content (AvgIpc) is 3.02. The number of carbonyl (C=O) groups excluding carboxylic acids is 1. The molecule has 1 saturated heterocycles. The van der Waals surface area contributed by atoms with Gasteiger partial charge in [0.05, 0.1) is 12.0 Å².